The lowest BCUT2D eigenvalue weighted by atomic mass is 9.73. The maximum absolute atomic E-state index is 12.7. The molecule has 200 valence electrons. The van der Waals surface area contributed by atoms with Crippen molar-refractivity contribution in [1.29, 1.82) is 0 Å². The molecule has 1 atom stereocenters. The average Bonchev–Trinajstić information content (AvgIpc) is 3.45. The zero-order chi connectivity index (χ0) is 28.3. The number of imidazole rings is 1. The van der Waals surface area contributed by atoms with Crippen LogP contribution in [0.5, 0.6) is 0 Å². The quantitative estimate of drug-likeness (QED) is 0.244. The molecule has 0 spiro atoms. The molecule has 38 heavy (non-hydrogen) atoms. The van der Waals surface area contributed by atoms with Crippen molar-refractivity contribution < 1.29 is 0 Å². The van der Waals surface area contributed by atoms with Crippen molar-refractivity contribution in [2.45, 2.75) is 53.9 Å². The lowest BCUT2D eigenvalue weighted by Crippen LogP contribution is -2.26. The first-order valence-electron chi connectivity index (χ1n) is 13.7. The van der Waals surface area contributed by atoms with Crippen molar-refractivity contribution in [1.82, 2.24) is 14.1 Å². The van der Waals surface area contributed by atoms with Gasteiger partial charge in [0.2, 0.25) is 0 Å². The van der Waals surface area contributed by atoms with E-state index in [1.807, 2.05) is 90.8 Å². The van der Waals surface area contributed by atoms with E-state index in [2.05, 4.69) is 67.7 Å². The minimum atomic E-state index is -0.445. The maximum Gasteiger partial charge on any atom is 0.251 e. The topological polar surface area (TPSA) is 39.8 Å². The second-order valence-electron chi connectivity index (χ2n) is 8.47. The smallest absolute Gasteiger partial charge is 0.251 e. The van der Waals surface area contributed by atoms with Gasteiger partial charge in [0, 0.05) is 31.7 Å². The van der Waals surface area contributed by atoms with Gasteiger partial charge in [0.05, 0.1) is 23.0 Å². The average molecular weight is 510 g/mol. The molecule has 0 aliphatic carbocycles. The van der Waals surface area contributed by atoms with Crippen LogP contribution < -0.4 is 5.56 Å². The van der Waals surface area contributed by atoms with Gasteiger partial charge in [-0.2, -0.15) is 0 Å². The summed E-state index contributed by atoms with van der Waals surface area (Å²) in [5.41, 5.74) is 5.72. The van der Waals surface area contributed by atoms with Gasteiger partial charge in [0.1, 0.15) is 0 Å². The Morgan fingerprint density at radius 3 is 1.84 bits per heavy atom. The number of fused-ring (bicyclic) bond motifs is 1. The SMILES string of the molecule is CC.CC.CC.Cn1cnc(C(C)(c2ccccc2)c2ccc3c(c2)c(-c2ccccc2)cc(=O)n3C)c1. The fourth-order valence-corrected chi connectivity index (χ4v) is 4.53. The summed E-state index contributed by atoms with van der Waals surface area (Å²) >= 11 is 0. The second-order valence-corrected chi connectivity index (χ2v) is 8.47. The monoisotopic (exact) mass is 509 g/mol. The van der Waals surface area contributed by atoms with Gasteiger partial charge in [-0.3, -0.25) is 4.79 Å². The molecule has 1 unspecified atom stereocenters. The first-order chi connectivity index (χ1) is 18.5. The van der Waals surface area contributed by atoms with Crippen LogP contribution in [0.4, 0.5) is 0 Å². The van der Waals surface area contributed by atoms with E-state index in [0.717, 1.165) is 33.3 Å². The predicted octanol–water partition coefficient (Wildman–Crippen LogP) is 8.37. The van der Waals surface area contributed by atoms with Crippen LogP contribution in [0.3, 0.4) is 0 Å². The first-order valence-corrected chi connectivity index (χ1v) is 13.7. The molecule has 0 saturated heterocycles. The molecule has 0 bridgehead atoms. The fourth-order valence-electron chi connectivity index (χ4n) is 4.53. The van der Waals surface area contributed by atoms with Crippen LogP contribution in [-0.2, 0) is 19.5 Å². The molecular weight excluding hydrogens is 466 g/mol. The number of aromatic nitrogens is 3. The van der Waals surface area contributed by atoms with Crippen molar-refractivity contribution >= 4 is 10.9 Å². The zero-order valence-corrected chi connectivity index (χ0v) is 24.5. The highest BCUT2D eigenvalue weighted by molar-refractivity contribution is 5.95. The lowest BCUT2D eigenvalue weighted by Gasteiger charge is -2.30. The number of aryl methyl sites for hydroxylation is 2. The van der Waals surface area contributed by atoms with Gasteiger partial charge in [0.15, 0.2) is 0 Å². The highest BCUT2D eigenvalue weighted by atomic mass is 16.1. The Balaban J connectivity index is 0.000000791. The van der Waals surface area contributed by atoms with E-state index in [1.165, 1.54) is 5.56 Å². The molecule has 3 aromatic carbocycles. The minimum absolute atomic E-state index is 0.0142. The van der Waals surface area contributed by atoms with Crippen molar-refractivity contribution in [2.75, 3.05) is 0 Å². The highest BCUT2D eigenvalue weighted by Gasteiger charge is 2.33. The first kappa shape index (κ1) is 30.3. The summed E-state index contributed by atoms with van der Waals surface area (Å²) in [5.74, 6) is 0. The van der Waals surface area contributed by atoms with E-state index in [-0.39, 0.29) is 5.56 Å². The van der Waals surface area contributed by atoms with Gasteiger partial charge in [-0.05, 0) is 41.3 Å². The third-order valence-corrected chi connectivity index (χ3v) is 6.48. The number of nitrogens with zero attached hydrogens (tertiary/aromatic N) is 3. The van der Waals surface area contributed by atoms with Crippen LogP contribution in [0, 0.1) is 0 Å². The van der Waals surface area contributed by atoms with Crippen LogP contribution in [0.25, 0.3) is 22.0 Å². The zero-order valence-electron chi connectivity index (χ0n) is 24.5. The summed E-state index contributed by atoms with van der Waals surface area (Å²) in [4.78, 5) is 17.4. The molecule has 2 aromatic heterocycles. The van der Waals surface area contributed by atoms with Gasteiger partial charge in [-0.1, -0.05) is 108 Å². The summed E-state index contributed by atoms with van der Waals surface area (Å²) in [6, 6.07) is 28.7. The Bertz CT molecular complexity index is 1470. The van der Waals surface area contributed by atoms with Crippen LogP contribution in [0.2, 0.25) is 0 Å². The standard InChI is InChI=1S/C28H25N3O.3C2H6/c1-28(21-12-8-5-9-13-21,26-18-30(2)19-29-26)22-14-15-25-24(16-22)23(17-27(32)31(25)3)20-10-6-4-7-11-20;3*1-2/h4-19H,1-3H3;3*1-2H3. The van der Waals surface area contributed by atoms with Crippen LogP contribution in [0.15, 0.2) is 102 Å². The van der Waals surface area contributed by atoms with Crippen molar-refractivity contribution in [3.8, 4) is 11.1 Å². The Morgan fingerprint density at radius 1 is 0.711 bits per heavy atom. The molecule has 0 N–H and O–H groups in total. The predicted molar refractivity (Wildman–Crippen MR) is 164 cm³/mol. The lowest BCUT2D eigenvalue weighted by molar-refractivity contribution is 0.670. The van der Waals surface area contributed by atoms with E-state index in [4.69, 9.17) is 4.98 Å². The largest absolute Gasteiger partial charge is 0.340 e. The molecular formula is C34H43N3O. The Labute approximate surface area is 228 Å². The van der Waals surface area contributed by atoms with Gasteiger partial charge < -0.3 is 9.13 Å². The van der Waals surface area contributed by atoms with Gasteiger partial charge in [0.25, 0.3) is 5.56 Å². The summed E-state index contributed by atoms with van der Waals surface area (Å²) in [6.45, 7) is 14.2. The van der Waals surface area contributed by atoms with Crippen molar-refractivity contribution in [3.63, 3.8) is 0 Å². The van der Waals surface area contributed by atoms with Crippen LogP contribution in [-0.4, -0.2) is 14.1 Å². The maximum atomic E-state index is 12.7. The second kappa shape index (κ2) is 14.1. The van der Waals surface area contributed by atoms with Gasteiger partial charge in [-0.25, -0.2) is 4.98 Å². The molecule has 4 heteroatoms. The Morgan fingerprint density at radius 2 is 1.29 bits per heavy atom. The molecule has 0 aliphatic heterocycles. The third-order valence-electron chi connectivity index (χ3n) is 6.48. The minimum Gasteiger partial charge on any atom is -0.340 e. The molecule has 4 nitrogen and oxygen atoms in total. The molecule has 2 heterocycles. The summed E-state index contributed by atoms with van der Waals surface area (Å²) in [5, 5.41) is 1.05. The fraction of sp³-hybridized carbons (Fsp3) is 0.294. The van der Waals surface area contributed by atoms with E-state index in [0.29, 0.717) is 0 Å². The Hall–Kier alpha value is -3.92. The normalized spacial score (nSPS) is 11.6. The molecule has 5 rings (SSSR count). The van der Waals surface area contributed by atoms with Gasteiger partial charge >= 0.3 is 0 Å². The third kappa shape index (κ3) is 5.96. The summed E-state index contributed by atoms with van der Waals surface area (Å²) in [6.07, 6.45) is 3.92. The van der Waals surface area contributed by atoms with Crippen LogP contribution >= 0.6 is 0 Å². The molecule has 0 radical (unpaired) electrons. The van der Waals surface area contributed by atoms with E-state index in [1.54, 1.807) is 10.6 Å². The summed E-state index contributed by atoms with van der Waals surface area (Å²) in [7, 11) is 3.82. The number of pyridine rings is 1. The molecule has 0 aliphatic rings. The Kier molecular flexibility index (Phi) is 11.3. The number of benzene rings is 3. The molecule has 0 saturated carbocycles. The van der Waals surface area contributed by atoms with Crippen molar-refractivity contribution in [2.24, 2.45) is 14.1 Å². The van der Waals surface area contributed by atoms with Gasteiger partial charge in [-0.15, -0.1) is 0 Å². The number of hydrogen-bond acceptors (Lipinski definition) is 2. The summed E-state index contributed by atoms with van der Waals surface area (Å²) < 4.78 is 3.70. The molecule has 0 amide bonds. The molecule has 0 fully saturated rings. The van der Waals surface area contributed by atoms with E-state index < -0.39 is 5.41 Å². The van der Waals surface area contributed by atoms with E-state index in [9.17, 15) is 4.79 Å². The van der Waals surface area contributed by atoms with Crippen molar-refractivity contribution in [3.05, 3.63) is 125 Å². The number of rotatable bonds is 4. The van der Waals surface area contributed by atoms with Crippen LogP contribution in [0.1, 0.15) is 65.3 Å². The highest BCUT2D eigenvalue weighted by Crippen LogP contribution is 2.40. The van der Waals surface area contributed by atoms with E-state index >= 15 is 0 Å². The molecule has 5 aromatic rings. The number of hydrogen-bond donors (Lipinski definition) is 0.